The van der Waals surface area contributed by atoms with Crippen LogP contribution < -0.4 is 14.8 Å². The lowest BCUT2D eigenvalue weighted by atomic mass is 10.2. The number of rotatable bonds is 3. The zero-order valence-electron chi connectivity index (χ0n) is 10.4. The van der Waals surface area contributed by atoms with Gasteiger partial charge in [0.1, 0.15) is 0 Å². The number of nitrogens with one attached hydrogen (secondary N) is 1. The number of aromatic nitrogens is 1. The van der Waals surface area contributed by atoms with E-state index in [-0.39, 0.29) is 12.7 Å². The predicted molar refractivity (Wildman–Crippen MR) is 75.7 cm³/mol. The Kier molecular flexibility index (Phi) is 3.56. The normalized spacial score (nSPS) is 12.2. The monoisotopic (exact) mass is 334 g/mol. The third kappa shape index (κ3) is 2.60. The number of hydrogen-bond acceptors (Lipinski definition) is 4. The van der Waals surface area contributed by atoms with Gasteiger partial charge in [0.2, 0.25) is 6.79 Å². The van der Waals surface area contributed by atoms with Gasteiger partial charge >= 0.3 is 0 Å². The Morgan fingerprint density at radius 2 is 2.25 bits per heavy atom. The van der Waals surface area contributed by atoms with Crippen LogP contribution >= 0.6 is 15.9 Å². The van der Waals surface area contributed by atoms with Crippen LogP contribution in [-0.2, 0) is 6.54 Å². The molecule has 2 aromatic rings. The molecule has 1 aliphatic rings. The molecule has 0 atom stereocenters. The molecule has 1 aromatic heterocycles. The van der Waals surface area contributed by atoms with Crippen LogP contribution in [0.25, 0.3) is 0 Å². The fourth-order valence-electron chi connectivity index (χ4n) is 1.94. The highest BCUT2D eigenvalue weighted by molar-refractivity contribution is 9.10. The van der Waals surface area contributed by atoms with Crippen LogP contribution in [0.1, 0.15) is 15.9 Å². The van der Waals surface area contributed by atoms with Crippen molar-refractivity contribution in [2.24, 2.45) is 0 Å². The van der Waals surface area contributed by atoms with Gasteiger partial charge in [-0.1, -0.05) is 12.1 Å². The SMILES string of the molecule is O=C(NCc1cccc2c1OCO2)c1cncc(Br)c1. The number of carbonyl (C=O) groups excluding carboxylic acids is 1. The van der Waals surface area contributed by atoms with Crippen LogP contribution in [0.15, 0.2) is 41.1 Å². The predicted octanol–water partition coefficient (Wildman–Crippen LogP) is 2.50. The molecule has 1 aromatic carbocycles. The van der Waals surface area contributed by atoms with Crippen molar-refractivity contribution in [3.05, 3.63) is 52.3 Å². The van der Waals surface area contributed by atoms with Crippen molar-refractivity contribution < 1.29 is 14.3 Å². The van der Waals surface area contributed by atoms with Crippen LogP contribution in [0, 0.1) is 0 Å². The molecule has 0 radical (unpaired) electrons. The first-order valence-electron chi connectivity index (χ1n) is 6.00. The molecule has 1 N–H and O–H groups in total. The molecule has 0 bridgehead atoms. The molecular weight excluding hydrogens is 324 g/mol. The van der Waals surface area contributed by atoms with E-state index in [1.54, 1.807) is 12.3 Å². The fourth-order valence-corrected chi connectivity index (χ4v) is 2.31. The number of hydrogen-bond donors (Lipinski definition) is 1. The second-order valence-electron chi connectivity index (χ2n) is 4.23. The summed E-state index contributed by atoms with van der Waals surface area (Å²) in [5.41, 5.74) is 1.39. The molecule has 0 fully saturated rings. The number of carbonyl (C=O) groups is 1. The van der Waals surface area contributed by atoms with Crippen molar-refractivity contribution >= 4 is 21.8 Å². The number of halogens is 1. The number of pyridine rings is 1. The van der Waals surface area contributed by atoms with E-state index in [1.165, 1.54) is 6.20 Å². The lowest BCUT2D eigenvalue weighted by Crippen LogP contribution is -2.23. The van der Waals surface area contributed by atoms with Crippen LogP contribution in [-0.4, -0.2) is 17.7 Å². The van der Waals surface area contributed by atoms with Gasteiger partial charge in [-0.25, -0.2) is 0 Å². The van der Waals surface area contributed by atoms with Crippen molar-refractivity contribution in [3.8, 4) is 11.5 Å². The number of ether oxygens (including phenoxy) is 2. The smallest absolute Gasteiger partial charge is 0.253 e. The van der Waals surface area contributed by atoms with E-state index in [9.17, 15) is 4.79 Å². The summed E-state index contributed by atoms with van der Waals surface area (Å²) in [5, 5.41) is 2.84. The summed E-state index contributed by atoms with van der Waals surface area (Å²) < 4.78 is 11.5. The number of fused-ring (bicyclic) bond motifs is 1. The van der Waals surface area contributed by atoms with Crippen molar-refractivity contribution in [2.75, 3.05) is 6.79 Å². The van der Waals surface area contributed by atoms with Crippen molar-refractivity contribution in [1.82, 2.24) is 10.3 Å². The van der Waals surface area contributed by atoms with E-state index in [0.717, 1.165) is 10.0 Å². The van der Waals surface area contributed by atoms with Crippen LogP contribution in [0.2, 0.25) is 0 Å². The lowest BCUT2D eigenvalue weighted by Gasteiger charge is -2.08. The quantitative estimate of drug-likeness (QED) is 0.936. The Balaban J connectivity index is 1.71. The standard InChI is InChI=1S/C14H11BrN2O3/c15-11-4-10(5-16-7-11)14(18)17-6-9-2-1-3-12-13(9)20-8-19-12/h1-5,7H,6,8H2,(H,17,18). The summed E-state index contributed by atoms with van der Waals surface area (Å²) in [6, 6.07) is 7.33. The topological polar surface area (TPSA) is 60.5 Å². The highest BCUT2D eigenvalue weighted by Gasteiger charge is 2.17. The molecular formula is C14H11BrN2O3. The molecule has 102 valence electrons. The maximum Gasteiger partial charge on any atom is 0.253 e. The summed E-state index contributed by atoms with van der Waals surface area (Å²) in [7, 11) is 0. The van der Waals surface area contributed by atoms with Gasteiger partial charge in [0.25, 0.3) is 5.91 Å². The van der Waals surface area contributed by atoms with E-state index in [1.807, 2.05) is 18.2 Å². The van der Waals surface area contributed by atoms with Gasteiger partial charge in [0.15, 0.2) is 11.5 Å². The molecule has 0 saturated carbocycles. The Bertz CT molecular complexity index is 661. The van der Waals surface area contributed by atoms with Crippen LogP contribution in [0.4, 0.5) is 0 Å². The van der Waals surface area contributed by atoms with Gasteiger partial charge in [-0.3, -0.25) is 9.78 Å². The maximum atomic E-state index is 12.0. The Hall–Kier alpha value is -2.08. The average molecular weight is 335 g/mol. The summed E-state index contributed by atoms with van der Waals surface area (Å²) in [6.07, 6.45) is 3.15. The van der Waals surface area contributed by atoms with Crippen LogP contribution in [0.5, 0.6) is 11.5 Å². The molecule has 0 unspecified atom stereocenters. The van der Waals surface area contributed by atoms with Crippen LogP contribution in [0.3, 0.4) is 0 Å². The van der Waals surface area contributed by atoms with Gasteiger partial charge in [-0.2, -0.15) is 0 Å². The minimum atomic E-state index is -0.185. The second kappa shape index (κ2) is 5.50. The molecule has 3 rings (SSSR count). The second-order valence-corrected chi connectivity index (χ2v) is 5.14. The van der Waals surface area contributed by atoms with E-state index in [2.05, 4.69) is 26.2 Å². The summed E-state index contributed by atoms with van der Waals surface area (Å²) in [4.78, 5) is 16.0. The van der Waals surface area contributed by atoms with Crippen molar-refractivity contribution in [2.45, 2.75) is 6.54 Å². The third-order valence-corrected chi connectivity index (χ3v) is 3.32. The Morgan fingerprint density at radius 1 is 1.35 bits per heavy atom. The minimum Gasteiger partial charge on any atom is -0.454 e. The summed E-state index contributed by atoms with van der Waals surface area (Å²) >= 11 is 3.29. The molecule has 5 nitrogen and oxygen atoms in total. The first kappa shape index (κ1) is 12.9. The molecule has 1 amide bonds. The Labute approximate surface area is 124 Å². The number of nitrogens with zero attached hydrogens (tertiary/aromatic N) is 1. The molecule has 20 heavy (non-hydrogen) atoms. The van der Waals surface area contributed by atoms with Gasteiger partial charge in [0, 0.05) is 29.0 Å². The number of benzene rings is 1. The lowest BCUT2D eigenvalue weighted by molar-refractivity contribution is 0.0950. The molecule has 0 saturated heterocycles. The largest absolute Gasteiger partial charge is 0.454 e. The number of amides is 1. The maximum absolute atomic E-state index is 12.0. The van der Waals surface area contributed by atoms with Gasteiger partial charge < -0.3 is 14.8 Å². The fraction of sp³-hybridized carbons (Fsp3) is 0.143. The van der Waals surface area contributed by atoms with E-state index in [0.29, 0.717) is 23.6 Å². The molecule has 1 aliphatic heterocycles. The van der Waals surface area contributed by atoms with E-state index in [4.69, 9.17) is 9.47 Å². The zero-order valence-corrected chi connectivity index (χ0v) is 12.0. The molecule has 0 spiro atoms. The molecule has 2 heterocycles. The summed E-state index contributed by atoms with van der Waals surface area (Å²) in [5.74, 6) is 1.22. The van der Waals surface area contributed by atoms with Gasteiger partial charge in [-0.15, -0.1) is 0 Å². The Morgan fingerprint density at radius 3 is 3.10 bits per heavy atom. The third-order valence-electron chi connectivity index (χ3n) is 2.88. The summed E-state index contributed by atoms with van der Waals surface area (Å²) in [6.45, 7) is 0.591. The zero-order chi connectivity index (χ0) is 13.9. The van der Waals surface area contributed by atoms with Crippen molar-refractivity contribution in [3.63, 3.8) is 0 Å². The molecule has 6 heteroatoms. The highest BCUT2D eigenvalue weighted by Crippen LogP contribution is 2.35. The molecule has 0 aliphatic carbocycles. The number of para-hydroxylation sites is 1. The first-order chi connectivity index (χ1) is 9.74. The van der Waals surface area contributed by atoms with E-state index < -0.39 is 0 Å². The first-order valence-corrected chi connectivity index (χ1v) is 6.79. The van der Waals surface area contributed by atoms with Crippen molar-refractivity contribution in [1.29, 1.82) is 0 Å². The van der Waals surface area contributed by atoms with E-state index >= 15 is 0 Å². The highest BCUT2D eigenvalue weighted by atomic mass is 79.9. The van der Waals surface area contributed by atoms with Gasteiger partial charge in [-0.05, 0) is 28.1 Å². The minimum absolute atomic E-state index is 0.185. The average Bonchev–Trinajstić information content (AvgIpc) is 2.93. The van der Waals surface area contributed by atoms with Gasteiger partial charge in [0.05, 0.1) is 5.56 Å².